The van der Waals surface area contributed by atoms with Gasteiger partial charge >= 0.3 is 0 Å². The van der Waals surface area contributed by atoms with E-state index in [1.807, 2.05) is 45.9 Å². The average molecular weight is 346 g/mol. The van der Waals surface area contributed by atoms with Gasteiger partial charge in [-0.3, -0.25) is 9.59 Å². The standard InChI is InChI=1S/C17H22N4O2S/c1-11(17(2,3)4)20-21-16-19-15(23)13(24-16)10-14(22)18-12-8-6-5-7-9-12/h5-9,13H,10H2,1-4H3,(H,18,22)(H,19,21,23)/b20-11+. The number of para-hydroxylation sites is 1. The third-order valence-electron chi connectivity index (χ3n) is 3.58. The molecule has 0 spiro atoms. The van der Waals surface area contributed by atoms with Gasteiger partial charge in [-0.15, -0.1) is 5.10 Å². The lowest BCUT2D eigenvalue weighted by atomic mass is 9.91. The first-order valence-electron chi connectivity index (χ1n) is 7.71. The Morgan fingerprint density at radius 2 is 1.96 bits per heavy atom. The number of anilines is 1. The van der Waals surface area contributed by atoms with Crippen molar-refractivity contribution >= 4 is 40.1 Å². The minimum atomic E-state index is -0.488. The SMILES string of the molecule is C/C(=N\N=C1/NC(=O)C(CC(=O)Nc2ccccc2)S1)C(C)(C)C. The summed E-state index contributed by atoms with van der Waals surface area (Å²) in [7, 11) is 0. The van der Waals surface area contributed by atoms with Gasteiger partial charge in [0.15, 0.2) is 5.17 Å². The first-order chi connectivity index (χ1) is 11.3. The van der Waals surface area contributed by atoms with Crippen LogP contribution in [-0.2, 0) is 9.59 Å². The lowest BCUT2D eigenvalue weighted by molar-refractivity contribution is -0.122. The Bertz CT molecular complexity index is 678. The Hall–Kier alpha value is -2.15. The van der Waals surface area contributed by atoms with Crippen molar-refractivity contribution in [2.45, 2.75) is 39.4 Å². The van der Waals surface area contributed by atoms with Crippen molar-refractivity contribution in [3.05, 3.63) is 30.3 Å². The lowest BCUT2D eigenvalue weighted by Gasteiger charge is -2.16. The molecule has 1 aromatic carbocycles. The van der Waals surface area contributed by atoms with E-state index in [2.05, 4.69) is 20.8 Å². The predicted octanol–water partition coefficient (Wildman–Crippen LogP) is 3.02. The fourth-order valence-electron chi connectivity index (χ4n) is 1.76. The van der Waals surface area contributed by atoms with Crippen LogP contribution in [-0.4, -0.2) is 27.9 Å². The lowest BCUT2D eigenvalue weighted by Crippen LogP contribution is -2.28. The molecule has 2 rings (SSSR count). The molecule has 1 heterocycles. The largest absolute Gasteiger partial charge is 0.326 e. The molecule has 128 valence electrons. The molecule has 1 aliphatic rings. The van der Waals surface area contributed by atoms with E-state index in [0.29, 0.717) is 10.9 Å². The van der Waals surface area contributed by atoms with Crippen molar-refractivity contribution in [1.29, 1.82) is 0 Å². The fraction of sp³-hybridized carbons (Fsp3) is 0.412. The third-order valence-corrected chi connectivity index (χ3v) is 4.65. The summed E-state index contributed by atoms with van der Waals surface area (Å²) in [6, 6.07) is 9.16. The molecule has 2 amide bonds. The van der Waals surface area contributed by atoms with Gasteiger partial charge in [-0.2, -0.15) is 5.10 Å². The second-order valence-electron chi connectivity index (χ2n) is 6.55. The summed E-state index contributed by atoms with van der Waals surface area (Å²) in [4.78, 5) is 24.0. The topological polar surface area (TPSA) is 82.9 Å². The number of carbonyl (C=O) groups is 2. The zero-order valence-corrected chi connectivity index (χ0v) is 15.1. The van der Waals surface area contributed by atoms with Gasteiger partial charge in [0, 0.05) is 23.2 Å². The third kappa shape index (κ3) is 5.19. The smallest absolute Gasteiger partial charge is 0.240 e. The molecule has 1 atom stereocenters. The highest BCUT2D eigenvalue weighted by molar-refractivity contribution is 8.15. The van der Waals surface area contributed by atoms with Gasteiger partial charge in [0.05, 0.1) is 0 Å². The second kappa shape index (κ2) is 7.61. The normalized spacial score (nSPS) is 20.2. The first-order valence-corrected chi connectivity index (χ1v) is 8.59. The van der Waals surface area contributed by atoms with E-state index in [4.69, 9.17) is 0 Å². The van der Waals surface area contributed by atoms with Crippen molar-refractivity contribution in [3.8, 4) is 0 Å². The Labute approximate surface area is 146 Å². The van der Waals surface area contributed by atoms with E-state index < -0.39 is 5.25 Å². The number of carbonyl (C=O) groups excluding carboxylic acids is 2. The number of rotatable bonds is 4. The maximum atomic E-state index is 12.0. The van der Waals surface area contributed by atoms with Crippen LogP contribution in [0.15, 0.2) is 40.5 Å². The molecule has 0 aromatic heterocycles. The van der Waals surface area contributed by atoms with E-state index in [-0.39, 0.29) is 23.7 Å². The van der Waals surface area contributed by atoms with Gasteiger partial charge in [-0.25, -0.2) is 0 Å². The Balaban J connectivity index is 1.94. The second-order valence-corrected chi connectivity index (χ2v) is 7.75. The Kier molecular flexibility index (Phi) is 5.77. The van der Waals surface area contributed by atoms with Crippen LogP contribution in [0.5, 0.6) is 0 Å². The summed E-state index contributed by atoms with van der Waals surface area (Å²) < 4.78 is 0. The van der Waals surface area contributed by atoms with Crippen LogP contribution < -0.4 is 10.6 Å². The summed E-state index contributed by atoms with van der Waals surface area (Å²) in [6.45, 7) is 8.03. The zero-order valence-electron chi connectivity index (χ0n) is 14.3. The van der Waals surface area contributed by atoms with Crippen molar-refractivity contribution in [2.24, 2.45) is 15.6 Å². The first kappa shape index (κ1) is 18.2. The van der Waals surface area contributed by atoms with Gasteiger partial charge in [-0.05, 0) is 19.1 Å². The summed E-state index contributed by atoms with van der Waals surface area (Å²) >= 11 is 1.23. The fourth-order valence-corrected chi connectivity index (χ4v) is 2.68. The number of thioether (sulfide) groups is 1. The van der Waals surface area contributed by atoms with Gasteiger partial charge in [-0.1, -0.05) is 50.7 Å². The number of amidine groups is 1. The van der Waals surface area contributed by atoms with Crippen LogP contribution in [0.25, 0.3) is 0 Å². The molecule has 6 nitrogen and oxygen atoms in total. The van der Waals surface area contributed by atoms with Crippen LogP contribution in [0, 0.1) is 5.41 Å². The molecule has 1 unspecified atom stereocenters. The number of hydrogen-bond donors (Lipinski definition) is 2. The maximum absolute atomic E-state index is 12.0. The molecule has 1 fully saturated rings. The minimum absolute atomic E-state index is 0.0771. The number of nitrogens with one attached hydrogen (secondary N) is 2. The van der Waals surface area contributed by atoms with Crippen LogP contribution in [0.1, 0.15) is 34.1 Å². The van der Waals surface area contributed by atoms with Crippen LogP contribution in [0.4, 0.5) is 5.69 Å². The van der Waals surface area contributed by atoms with Gasteiger partial charge in [0.2, 0.25) is 11.8 Å². The number of benzene rings is 1. The molecule has 0 bridgehead atoms. The summed E-state index contributed by atoms with van der Waals surface area (Å²) in [5.41, 5.74) is 1.51. The molecule has 0 saturated carbocycles. The molecule has 24 heavy (non-hydrogen) atoms. The highest BCUT2D eigenvalue weighted by Gasteiger charge is 2.32. The quantitative estimate of drug-likeness (QED) is 0.649. The molecule has 1 aliphatic heterocycles. The van der Waals surface area contributed by atoms with Crippen LogP contribution in [0.3, 0.4) is 0 Å². The van der Waals surface area contributed by atoms with Crippen molar-refractivity contribution in [2.75, 3.05) is 5.32 Å². The molecule has 0 aliphatic carbocycles. The van der Waals surface area contributed by atoms with Gasteiger partial charge in [0.1, 0.15) is 5.25 Å². The van der Waals surface area contributed by atoms with Gasteiger partial charge < -0.3 is 10.6 Å². The molecular formula is C17H22N4O2S. The van der Waals surface area contributed by atoms with Crippen LogP contribution >= 0.6 is 11.8 Å². The van der Waals surface area contributed by atoms with Crippen molar-refractivity contribution < 1.29 is 9.59 Å². The van der Waals surface area contributed by atoms with E-state index in [9.17, 15) is 9.59 Å². The number of hydrogen-bond acceptors (Lipinski definition) is 5. The van der Waals surface area contributed by atoms with E-state index in [1.165, 1.54) is 11.8 Å². The van der Waals surface area contributed by atoms with E-state index in [0.717, 1.165) is 5.71 Å². The Morgan fingerprint density at radius 3 is 2.58 bits per heavy atom. The molecule has 2 N–H and O–H groups in total. The zero-order chi connectivity index (χ0) is 17.7. The van der Waals surface area contributed by atoms with Crippen molar-refractivity contribution in [3.63, 3.8) is 0 Å². The maximum Gasteiger partial charge on any atom is 0.240 e. The van der Waals surface area contributed by atoms with Gasteiger partial charge in [0.25, 0.3) is 0 Å². The monoisotopic (exact) mass is 346 g/mol. The molecule has 1 aromatic rings. The van der Waals surface area contributed by atoms with Crippen LogP contribution in [0.2, 0.25) is 0 Å². The minimum Gasteiger partial charge on any atom is -0.326 e. The Morgan fingerprint density at radius 1 is 1.29 bits per heavy atom. The molecular weight excluding hydrogens is 324 g/mol. The number of nitrogens with zero attached hydrogens (tertiary/aromatic N) is 2. The van der Waals surface area contributed by atoms with E-state index in [1.54, 1.807) is 12.1 Å². The van der Waals surface area contributed by atoms with E-state index >= 15 is 0 Å². The molecule has 1 saturated heterocycles. The predicted molar refractivity (Wildman–Crippen MR) is 99.2 cm³/mol. The van der Waals surface area contributed by atoms with Crippen molar-refractivity contribution in [1.82, 2.24) is 5.32 Å². The average Bonchev–Trinajstić information content (AvgIpc) is 2.84. The summed E-state index contributed by atoms with van der Waals surface area (Å²) in [5, 5.41) is 13.6. The summed E-state index contributed by atoms with van der Waals surface area (Å²) in [5.74, 6) is -0.421. The highest BCUT2D eigenvalue weighted by Crippen LogP contribution is 2.23. The highest BCUT2D eigenvalue weighted by atomic mass is 32.2. The summed E-state index contributed by atoms with van der Waals surface area (Å²) in [6.07, 6.45) is 0.0897. The molecule has 7 heteroatoms. The number of amides is 2. The molecule has 0 radical (unpaired) electrons.